The predicted molar refractivity (Wildman–Crippen MR) is 119 cm³/mol. The lowest BCUT2D eigenvalue weighted by Gasteiger charge is -2.13. The number of hydrogen-bond donors (Lipinski definition) is 1. The Bertz CT molecular complexity index is 1170. The van der Waals surface area contributed by atoms with Gasteiger partial charge in [-0.2, -0.15) is 13.2 Å². The first-order chi connectivity index (χ1) is 15.6. The van der Waals surface area contributed by atoms with E-state index in [1.807, 2.05) is 19.0 Å². The zero-order valence-corrected chi connectivity index (χ0v) is 18.8. The van der Waals surface area contributed by atoms with Crippen LogP contribution in [0, 0.1) is 0 Å². The second kappa shape index (κ2) is 10.2. The molecule has 3 rings (SSSR count). The first-order valence-corrected chi connectivity index (χ1v) is 10.4. The summed E-state index contributed by atoms with van der Waals surface area (Å²) in [6.07, 6.45) is -4.53. The summed E-state index contributed by atoms with van der Waals surface area (Å²) in [6.45, 7) is 0.147. The SMILES string of the molecule is CN(C)CCn1c(-c2ccc(Cl)cc2)nn(CC(=O)NCc2ccccc2C(F)(F)F)c1=O. The number of nitrogens with one attached hydrogen (secondary N) is 1. The fourth-order valence-corrected chi connectivity index (χ4v) is 3.32. The second-order valence-electron chi connectivity index (χ2n) is 7.66. The number of rotatable bonds is 8. The van der Waals surface area contributed by atoms with Crippen molar-refractivity contribution in [3.8, 4) is 11.4 Å². The Labute approximate surface area is 193 Å². The zero-order valence-electron chi connectivity index (χ0n) is 18.1. The molecule has 0 aliphatic rings. The van der Waals surface area contributed by atoms with Gasteiger partial charge in [-0.05, 0) is 50.0 Å². The molecule has 33 heavy (non-hydrogen) atoms. The van der Waals surface area contributed by atoms with Crippen molar-refractivity contribution in [3.05, 3.63) is 75.2 Å². The average molecular weight is 482 g/mol. The Morgan fingerprint density at radius 1 is 1.12 bits per heavy atom. The first-order valence-electron chi connectivity index (χ1n) is 10.1. The van der Waals surface area contributed by atoms with Crippen molar-refractivity contribution < 1.29 is 18.0 Å². The molecule has 0 atom stereocenters. The monoisotopic (exact) mass is 481 g/mol. The van der Waals surface area contributed by atoms with Crippen LogP contribution in [0.2, 0.25) is 5.02 Å². The fourth-order valence-electron chi connectivity index (χ4n) is 3.19. The van der Waals surface area contributed by atoms with Crippen molar-refractivity contribution in [1.82, 2.24) is 24.6 Å². The number of benzene rings is 2. The number of nitrogens with zero attached hydrogens (tertiary/aromatic N) is 4. The molecule has 0 aliphatic carbocycles. The van der Waals surface area contributed by atoms with Crippen LogP contribution in [-0.4, -0.2) is 45.8 Å². The van der Waals surface area contributed by atoms with Gasteiger partial charge in [-0.15, -0.1) is 5.10 Å². The zero-order chi connectivity index (χ0) is 24.2. The number of carbonyl (C=O) groups is 1. The van der Waals surface area contributed by atoms with E-state index >= 15 is 0 Å². The van der Waals surface area contributed by atoms with Gasteiger partial charge < -0.3 is 10.2 Å². The Balaban J connectivity index is 1.80. The van der Waals surface area contributed by atoms with Gasteiger partial charge in [0, 0.05) is 30.2 Å². The standard InChI is InChI=1S/C22H23ClF3N5O2/c1-29(2)11-12-30-20(15-7-9-17(23)10-8-15)28-31(21(30)33)14-19(32)27-13-16-5-3-4-6-18(16)22(24,25)26/h3-10H,11-14H2,1-2H3,(H,27,32). The van der Waals surface area contributed by atoms with Gasteiger partial charge in [0.25, 0.3) is 0 Å². The quantitative estimate of drug-likeness (QED) is 0.536. The molecule has 0 spiro atoms. The highest BCUT2D eigenvalue weighted by Gasteiger charge is 2.32. The van der Waals surface area contributed by atoms with E-state index in [0.29, 0.717) is 29.5 Å². The number of aromatic nitrogens is 3. The number of alkyl halides is 3. The van der Waals surface area contributed by atoms with Gasteiger partial charge in [-0.1, -0.05) is 29.8 Å². The van der Waals surface area contributed by atoms with Crippen molar-refractivity contribution in [2.45, 2.75) is 25.8 Å². The summed E-state index contributed by atoms with van der Waals surface area (Å²) >= 11 is 5.95. The Kier molecular flexibility index (Phi) is 7.60. The maximum absolute atomic E-state index is 13.2. The maximum Gasteiger partial charge on any atom is 0.416 e. The summed E-state index contributed by atoms with van der Waals surface area (Å²) in [6, 6.07) is 11.8. The van der Waals surface area contributed by atoms with Crippen LogP contribution in [0.4, 0.5) is 13.2 Å². The summed E-state index contributed by atoms with van der Waals surface area (Å²) < 4.78 is 41.9. The van der Waals surface area contributed by atoms with Crippen molar-refractivity contribution in [2.75, 3.05) is 20.6 Å². The van der Waals surface area contributed by atoms with Crippen LogP contribution in [0.25, 0.3) is 11.4 Å². The molecule has 0 bridgehead atoms. The third-order valence-corrected chi connectivity index (χ3v) is 5.14. The van der Waals surface area contributed by atoms with Crippen LogP contribution in [-0.2, 0) is 30.6 Å². The summed E-state index contributed by atoms with van der Waals surface area (Å²) in [5, 5.41) is 7.27. The molecule has 1 amide bonds. The molecule has 1 N–H and O–H groups in total. The van der Waals surface area contributed by atoms with Crippen LogP contribution in [0.3, 0.4) is 0 Å². The summed E-state index contributed by atoms with van der Waals surface area (Å²) in [7, 11) is 3.73. The van der Waals surface area contributed by atoms with Crippen LogP contribution in [0.5, 0.6) is 0 Å². The number of halogens is 4. The Hall–Kier alpha value is -3.11. The molecule has 0 saturated carbocycles. The summed E-state index contributed by atoms with van der Waals surface area (Å²) in [4.78, 5) is 27.3. The molecule has 3 aromatic rings. The van der Waals surface area contributed by atoms with Gasteiger partial charge in [-0.3, -0.25) is 9.36 Å². The Morgan fingerprint density at radius 2 is 1.79 bits per heavy atom. The number of amides is 1. The molecule has 1 heterocycles. The van der Waals surface area contributed by atoms with E-state index in [1.54, 1.807) is 24.3 Å². The molecular formula is C22H23ClF3N5O2. The minimum atomic E-state index is -4.53. The van der Waals surface area contributed by atoms with E-state index in [2.05, 4.69) is 10.4 Å². The Morgan fingerprint density at radius 3 is 2.42 bits per heavy atom. The molecule has 7 nitrogen and oxygen atoms in total. The van der Waals surface area contributed by atoms with Crippen molar-refractivity contribution in [1.29, 1.82) is 0 Å². The molecular weight excluding hydrogens is 459 g/mol. The normalized spacial score (nSPS) is 11.7. The van der Waals surface area contributed by atoms with E-state index in [0.717, 1.165) is 10.7 Å². The summed E-state index contributed by atoms with van der Waals surface area (Å²) in [5.41, 5.74) is -0.731. The lowest BCUT2D eigenvalue weighted by Crippen LogP contribution is -2.34. The van der Waals surface area contributed by atoms with Gasteiger partial charge in [0.15, 0.2) is 5.82 Å². The molecule has 2 aromatic carbocycles. The first kappa shape index (κ1) is 24.5. The van der Waals surface area contributed by atoms with E-state index < -0.39 is 29.9 Å². The molecule has 176 valence electrons. The van der Waals surface area contributed by atoms with E-state index in [-0.39, 0.29) is 12.1 Å². The van der Waals surface area contributed by atoms with Crippen LogP contribution in [0.15, 0.2) is 53.3 Å². The number of likely N-dealkylation sites (N-methyl/N-ethyl adjacent to an activating group) is 1. The van der Waals surface area contributed by atoms with E-state index in [1.165, 1.54) is 22.8 Å². The average Bonchev–Trinajstić information content (AvgIpc) is 3.06. The van der Waals surface area contributed by atoms with Crippen molar-refractivity contribution in [3.63, 3.8) is 0 Å². The minimum Gasteiger partial charge on any atom is -0.350 e. The molecule has 11 heteroatoms. The smallest absolute Gasteiger partial charge is 0.350 e. The topological polar surface area (TPSA) is 72.2 Å². The highest BCUT2D eigenvalue weighted by Crippen LogP contribution is 2.31. The minimum absolute atomic E-state index is 0.0657. The number of carbonyl (C=O) groups excluding carboxylic acids is 1. The number of hydrogen-bond acceptors (Lipinski definition) is 4. The molecule has 0 saturated heterocycles. The largest absolute Gasteiger partial charge is 0.416 e. The van der Waals surface area contributed by atoms with Gasteiger partial charge in [-0.25, -0.2) is 9.48 Å². The van der Waals surface area contributed by atoms with E-state index in [4.69, 9.17) is 11.6 Å². The van der Waals surface area contributed by atoms with Crippen LogP contribution < -0.4 is 11.0 Å². The fraction of sp³-hybridized carbons (Fsp3) is 0.318. The third-order valence-electron chi connectivity index (χ3n) is 4.89. The third kappa shape index (κ3) is 6.23. The lowest BCUT2D eigenvalue weighted by atomic mass is 10.1. The van der Waals surface area contributed by atoms with Gasteiger partial charge in [0.05, 0.1) is 5.56 Å². The van der Waals surface area contributed by atoms with Gasteiger partial charge >= 0.3 is 11.9 Å². The molecule has 0 aliphatic heterocycles. The highest BCUT2D eigenvalue weighted by molar-refractivity contribution is 6.30. The van der Waals surface area contributed by atoms with Crippen molar-refractivity contribution in [2.24, 2.45) is 0 Å². The lowest BCUT2D eigenvalue weighted by molar-refractivity contribution is -0.138. The van der Waals surface area contributed by atoms with E-state index in [9.17, 15) is 22.8 Å². The highest BCUT2D eigenvalue weighted by atomic mass is 35.5. The van der Waals surface area contributed by atoms with Crippen LogP contribution >= 0.6 is 11.6 Å². The summed E-state index contributed by atoms with van der Waals surface area (Å²) in [5.74, 6) is -0.261. The van der Waals surface area contributed by atoms with Crippen LogP contribution in [0.1, 0.15) is 11.1 Å². The second-order valence-corrected chi connectivity index (χ2v) is 8.09. The van der Waals surface area contributed by atoms with Gasteiger partial charge in [0.1, 0.15) is 6.54 Å². The molecule has 0 radical (unpaired) electrons. The maximum atomic E-state index is 13.2. The predicted octanol–water partition coefficient (Wildman–Crippen LogP) is 3.26. The van der Waals surface area contributed by atoms with Gasteiger partial charge in [0.2, 0.25) is 5.91 Å². The molecule has 1 aromatic heterocycles. The molecule has 0 unspecified atom stereocenters. The van der Waals surface area contributed by atoms with Crippen molar-refractivity contribution >= 4 is 17.5 Å². The molecule has 0 fully saturated rings.